The van der Waals surface area contributed by atoms with Gasteiger partial charge in [0.25, 0.3) is 0 Å². The van der Waals surface area contributed by atoms with Crippen molar-refractivity contribution >= 4 is 0 Å². The molecule has 0 bridgehead atoms. The van der Waals surface area contributed by atoms with Gasteiger partial charge >= 0.3 is 0 Å². The van der Waals surface area contributed by atoms with Crippen LogP contribution in [0.25, 0.3) is 0 Å². The van der Waals surface area contributed by atoms with Gasteiger partial charge in [-0.15, -0.1) is 0 Å². The van der Waals surface area contributed by atoms with Crippen LogP contribution >= 0.6 is 0 Å². The highest BCUT2D eigenvalue weighted by Crippen LogP contribution is 2.22. The maximum atomic E-state index is 5.34. The lowest BCUT2D eigenvalue weighted by atomic mass is 10.1. The Kier molecular flexibility index (Phi) is 3.27. The Morgan fingerprint density at radius 1 is 1.40 bits per heavy atom. The van der Waals surface area contributed by atoms with E-state index in [2.05, 4.69) is 24.4 Å². The Morgan fingerprint density at radius 3 is 2.80 bits per heavy atom. The molecule has 0 aromatic heterocycles. The molecule has 1 unspecified atom stereocenters. The van der Waals surface area contributed by atoms with Crippen LogP contribution in [0, 0.1) is 0 Å². The molecule has 1 aliphatic carbocycles. The molecule has 0 spiro atoms. The summed E-state index contributed by atoms with van der Waals surface area (Å²) in [7, 11) is 1.73. The van der Waals surface area contributed by atoms with E-state index in [4.69, 9.17) is 4.74 Å². The first-order valence-electron chi connectivity index (χ1n) is 5.67. The predicted octanol–water partition coefficient (Wildman–Crippen LogP) is 2.38. The zero-order chi connectivity index (χ0) is 10.7. The summed E-state index contributed by atoms with van der Waals surface area (Å²) in [5, 5.41) is 3.60. The Bertz CT molecular complexity index is 320. The van der Waals surface area contributed by atoms with Gasteiger partial charge in [-0.3, -0.25) is 0 Å². The van der Waals surface area contributed by atoms with Crippen molar-refractivity contribution in [3.05, 3.63) is 29.8 Å². The second-order valence-corrected chi connectivity index (χ2v) is 4.36. The van der Waals surface area contributed by atoms with Gasteiger partial charge in [-0.05, 0) is 37.8 Å². The molecule has 0 aliphatic heterocycles. The van der Waals surface area contributed by atoms with E-state index in [9.17, 15) is 0 Å². The summed E-state index contributed by atoms with van der Waals surface area (Å²) in [6.45, 7) is 2.24. The topological polar surface area (TPSA) is 21.3 Å². The van der Waals surface area contributed by atoms with Crippen LogP contribution in [-0.2, 0) is 6.42 Å². The summed E-state index contributed by atoms with van der Waals surface area (Å²) < 4.78 is 5.34. The van der Waals surface area contributed by atoms with Crippen LogP contribution in [-0.4, -0.2) is 19.2 Å². The molecule has 1 fully saturated rings. The van der Waals surface area contributed by atoms with Crippen molar-refractivity contribution in [2.24, 2.45) is 0 Å². The van der Waals surface area contributed by atoms with Gasteiger partial charge in [0.05, 0.1) is 7.11 Å². The highest BCUT2D eigenvalue weighted by atomic mass is 16.5. The van der Waals surface area contributed by atoms with Gasteiger partial charge in [-0.1, -0.05) is 18.2 Å². The van der Waals surface area contributed by atoms with Gasteiger partial charge < -0.3 is 10.1 Å². The van der Waals surface area contributed by atoms with E-state index in [0.717, 1.165) is 18.2 Å². The van der Waals surface area contributed by atoms with Gasteiger partial charge in [-0.2, -0.15) is 0 Å². The second-order valence-electron chi connectivity index (χ2n) is 4.36. The minimum Gasteiger partial charge on any atom is -0.496 e. The van der Waals surface area contributed by atoms with Crippen molar-refractivity contribution < 1.29 is 4.74 Å². The molecule has 1 N–H and O–H groups in total. The molecule has 2 rings (SSSR count). The minimum atomic E-state index is 0.536. The SMILES string of the molecule is COc1ccccc1CC(C)NC1CC1. The molecule has 0 amide bonds. The quantitative estimate of drug-likeness (QED) is 0.797. The van der Waals surface area contributed by atoms with Crippen molar-refractivity contribution in [2.75, 3.05) is 7.11 Å². The zero-order valence-electron chi connectivity index (χ0n) is 9.49. The molecular formula is C13H19NO. The van der Waals surface area contributed by atoms with E-state index in [-0.39, 0.29) is 0 Å². The highest BCUT2D eigenvalue weighted by molar-refractivity contribution is 5.33. The fraction of sp³-hybridized carbons (Fsp3) is 0.538. The first kappa shape index (κ1) is 10.5. The Balaban J connectivity index is 1.95. The number of methoxy groups -OCH3 is 1. The van der Waals surface area contributed by atoms with E-state index in [1.807, 2.05) is 12.1 Å². The van der Waals surface area contributed by atoms with Gasteiger partial charge in [0.2, 0.25) is 0 Å². The zero-order valence-corrected chi connectivity index (χ0v) is 9.49. The number of rotatable bonds is 5. The van der Waals surface area contributed by atoms with E-state index in [1.165, 1.54) is 18.4 Å². The third-order valence-corrected chi connectivity index (χ3v) is 2.82. The standard InChI is InChI=1S/C13H19NO/c1-10(14-12-7-8-12)9-11-5-3-4-6-13(11)15-2/h3-6,10,12,14H,7-9H2,1-2H3. The van der Waals surface area contributed by atoms with Crippen molar-refractivity contribution in [3.63, 3.8) is 0 Å². The molecule has 0 radical (unpaired) electrons. The highest BCUT2D eigenvalue weighted by Gasteiger charge is 2.22. The average molecular weight is 205 g/mol. The van der Waals surface area contributed by atoms with Crippen LogP contribution in [0.2, 0.25) is 0 Å². The molecule has 1 atom stereocenters. The van der Waals surface area contributed by atoms with Crippen molar-refractivity contribution in [2.45, 2.75) is 38.3 Å². The second kappa shape index (κ2) is 4.67. The van der Waals surface area contributed by atoms with Crippen LogP contribution in [0.5, 0.6) is 5.75 Å². The number of hydrogen-bond donors (Lipinski definition) is 1. The predicted molar refractivity (Wildman–Crippen MR) is 62.3 cm³/mol. The van der Waals surface area contributed by atoms with Crippen LogP contribution in [0.4, 0.5) is 0 Å². The molecule has 0 saturated heterocycles. The van der Waals surface area contributed by atoms with Crippen LogP contribution in [0.1, 0.15) is 25.3 Å². The summed E-state index contributed by atoms with van der Waals surface area (Å²) >= 11 is 0. The smallest absolute Gasteiger partial charge is 0.122 e. The largest absolute Gasteiger partial charge is 0.496 e. The molecule has 1 aliphatic rings. The lowest BCUT2D eigenvalue weighted by molar-refractivity contribution is 0.406. The average Bonchev–Trinajstić information content (AvgIpc) is 3.02. The molecular weight excluding hydrogens is 186 g/mol. The van der Waals surface area contributed by atoms with E-state index < -0.39 is 0 Å². The molecule has 2 heteroatoms. The molecule has 15 heavy (non-hydrogen) atoms. The lowest BCUT2D eigenvalue weighted by Gasteiger charge is -2.15. The minimum absolute atomic E-state index is 0.536. The fourth-order valence-electron chi connectivity index (χ4n) is 1.91. The summed E-state index contributed by atoms with van der Waals surface area (Å²) in [5.74, 6) is 1.00. The fourth-order valence-corrected chi connectivity index (χ4v) is 1.91. The number of benzene rings is 1. The molecule has 1 saturated carbocycles. The summed E-state index contributed by atoms with van der Waals surface area (Å²) in [6, 6.07) is 9.56. The molecule has 1 aromatic carbocycles. The Labute approximate surface area is 91.6 Å². The summed E-state index contributed by atoms with van der Waals surface area (Å²) in [4.78, 5) is 0. The molecule has 2 nitrogen and oxygen atoms in total. The van der Waals surface area contributed by atoms with Crippen molar-refractivity contribution in [3.8, 4) is 5.75 Å². The number of para-hydroxylation sites is 1. The van der Waals surface area contributed by atoms with Crippen LogP contribution in [0.15, 0.2) is 24.3 Å². The third-order valence-electron chi connectivity index (χ3n) is 2.82. The molecule has 1 aromatic rings. The molecule has 0 heterocycles. The lowest BCUT2D eigenvalue weighted by Crippen LogP contribution is -2.29. The summed E-state index contributed by atoms with van der Waals surface area (Å²) in [6.07, 6.45) is 3.73. The normalized spacial score (nSPS) is 17.5. The monoisotopic (exact) mass is 205 g/mol. The number of nitrogens with one attached hydrogen (secondary N) is 1. The number of hydrogen-bond acceptors (Lipinski definition) is 2. The number of ether oxygens (including phenoxy) is 1. The molecule has 82 valence electrons. The maximum Gasteiger partial charge on any atom is 0.122 e. The first-order chi connectivity index (χ1) is 7.29. The van der Waals surface area contributed by atoms with Gasteiger partial charge in [-0.25, -0.2) is 0 Å². The Hall–Kier alpha value is -1.02. The Morgan fingerprint density at radius 2 is 2.13 bits per heavy atom. The van der Waals surface area contributed by atoms with Crippen LogP contribution < -0.4 is 10.1 Å². The van der Waals surface area contributed by atoms with E-state index in [0.29, 0.717) is 6.04 Å². The van der Waals surface area contributed by atoms with Gasteiger partial charge in [0.15, 0.2) is 0 Å². The van der Waals surface area contributed by atoms with Gasteiger partial charge in [0.1, 0.15) is 5.75 Å². The van der Waals surface area contributed by atoms with Gasteiger partial charge in [0, 0.05) is 12.1 Å². The first-order valence-corrected chi connectivity index (χ1v) is 5.67. The van der Waals surface area contributed by atoms with Crippen molar-refractivity contribution in [1.82, 2.24) is 5.32 Å². The maximum absolute atomic E-state index is 5.34. The van der Waals surface area contributed by atoms with E-state index >= 15 is 0 Å². The van der Waals surface area contributed by atoms with E-state index in [1.54, 1.807) is 7.11 Å². The summed E-state index contributed by atoms with van der Waals surface area (Å²) in [5.41, 5.74) is 1.29. The van der Waals surface area contributed by atoms with Crippen molar-refractivity contribution in [1.29, 1.82) is 0 Å². The van der Waals surface area contributed by atoms with Crippen LogP contribution in [0.3, 0.4) is 0 Å². The third kappa shape index (κ3) is 2.96.